The molecule has 2 N–H and O–H groups in total. The van der Waals surface area contributed by atoms with Gasteiger partial charge in [0.25, 0.3) is 5.24 Å². The smallest absolute Gasteiger partial charge is 0.303 e. The topological polar surface area (TPSA) is 77.8 Å². The second kappa shape index (κ2) is 11.5. The maximum absolute atomic E-state index is 12.2. The molecule has 1 aliphatic heterocycles. The highest BCUT2D eigenvalue weighted by molar-refractivity contribution is 8.13. The number of carboxylic acid groups (broad SMARTS) is 1. The molecule has 2 rings (SSSR count). The molecule has 1 aliphatic rings. The summed E-state index contributed by atoms with van der Waals surface area (Å²) in [6, 6.07) is 9.71. The molecule has 0 bridgehead atoms. The number of aliphatic hydroxyl groups is 1. The van der Waals surface area contributed by atoms with Gasteiger partial charge in [-0.1, -0.05) is 60.2 Å². The number of carboxylic acids is 1. The van der Waals surface area contributed by atoms with Gasteiger partial charge in [-0.25, -0.2) is 0 Å². The number of aliphatic carboxylic acids is 1. The summed E-state index contributed by atoms with van der Waals surface area (Å²) in [7, 11) is 0. The Bertz CT molecular complexity index is 708. The van der Waals surface area contributed by atoms with Gasteiger partial charge < -0.3 is 15.1 Å². The SMILES string of the molecule is O=C(O)CCCC#CCN1C(=O)SCC[C@@H]1/C=C/C(O)Cc1ccccc1. The largest absolute Gasteiger partial charge is 0.481 e. The number of carbonyl (C=O) groups excluding carboxylic acids is 1. The van der Waals surface area contributed by atoms with E-state index in [1.54, 1.807) is 11.0 Å². The number of amides is 1. The van der Waals surface area contributed by atoms with Crippen molar-refractivity contribution in [2.24, 2.45) is 0 Å². The average molecular weight is 388 g/mol. The zero-order chi connectivity index (χ0) is 19.5. The fourth-order valence-electron chi connectivity index (χ4n) is 2.76. The normalized spacial score (nSPS) is 18.2. The minimum absolute atomic E-state index is 0.00622. The van der Waals surface area contributed by atoms with E-state index in [0.29, 0.717) is 25.8 Å². The number of nitrogens with zero attached hydrogens (tertiary/aromatic N) is 1. The summed E-state index contributed by atoms with van der Waals surface area (Å²) in [5, 5.41) is 18.8. The zero-order valence-corrected chi connectivity index (χ0v) is 16.0. The van der Waals surface area contributed by atoms with Crippen LogP contribution in [0.2, 0.25) is 0 Å². The van der Waals surface area contributed by atoms with Crippen LogP contribution in [-0.2, 0) is 11.2 Å². The average Bonchev–Trinajstić information content (AvgIpc) is 2.65. The lowest BCUT2D eigenvalue weighted by Crippen LogP contribution is -2.41. The van der Waals surface area contributed by atoms with Crippen LogP contribution in [0.5, 0.6) is 0 Å². The van der Waals surface area contributed by atoms with Crippen LogP contribution in [0.3, 0.4) is 0 Å². The van der Waals surface area contributed by atoms with Crippen LogP contribution in [0, 0.1) is 11.8 Å². The number of aliphatic hydroxyl groups excluding tert-OH is 1. The summed E-state index contributed by atoms with van der Waals surface area (Å²) in [5.74, 6) is 5.84. The van der Waals surface area contributed by atoms with E-state index in [2.05, 4.69) is 11.8 Å². The number of carbonyl (C=O) groups is 2. The molecule has 1 aromatic rings. The van der Waals surface area contributed by atoms with Crippen molar-refractivity contribution >= 4 is 23.0 Å². The summed E-state index contributed by atoms with van der Waals surface area (Å²) in [6.45, 7) is 0.322. The lowest BCUT2D eigenvalue weighted by Gasteiger charge is -2.31. The summed E-state index contributed by atoms with van der Waals surface area (Å²) in [6.07, 6.45) is 5.56. The molecule has 2 atom stereocenters. The Balaban J connectivity index is 1.87. The van der Waals surface area contributed by atoms with E-state index in [1.807, 2.05) is 36.4 Å². The first kappa shape index (κ1) is 21.1. The van der Waals surface area contributed by atoms with Gasteiger partial charge in [0, 0.05) is 25.0 Å². The number of hydrogen-bond donors (Lipinski definition) is 2. The van der Waals surface area contributed by atoms with Gasteiger partial charge in [-0.15, -0.1) is 5.92 Å². The van der Waals surface area contributed by atoms with Crippen LogP contribution in [0.15, 0.2) is 42.5 Å². The highest BCUT2D eigenvalue weighted by atomic mass is 32.2. The number of unbranched alkanes of at least 4 members (excludes halogenated alkanes) is 1. The van der Waals surface area contributed by atoms with Gasteiger partial charge >= 0.3 is 5.97 Å². The van der Waals surface area contributed by atoms with Crippen molar-refractivity contribution in [3.8, 4) is 11.8 Å². The Morgan fingerprint density at radius 1 is 1.33 bits per heavy atom. The number of rotatable bonds is 8. The van der Waals surface area contributed by atoms with Crippen LogP contribution < -0.4 is 0 Å². The third kappa shape index (κ3) is 7.90. The van der Waals surface area contributed by atoms with Gasteiger partial charge in [-0.3, -0.25) is 9.59 Å². The predicted octanol–water partition coefficient (Wildman–Crippen LogP) is 3.33. The minimum atomic E-state index is -0.821. The molecular weight excluding hydrogens is 362 g/mol. The first-order chi connectivity index (χ1) is 13.1. The van der Waals surface area contributed by atoms with Crippen molar-refractivity contribution in [3.63, 3.8) is 0 Å². The third-order valence-electron chi connectivity index (χ3n) is 4.18. The Kier molecular flexibility index (Phi) is 8.96. The Labute approximate surface area is 164 Å². The highest BCUT2D eigenvalue weighted by Crippen LogP contribution is 2.23. The monoisotopic (exact) mass is 387 g/mol. The number of benzene rings is 1. The van der Waals surface area contributed by atoms with Crippen molar-refractivity contribution in [1.82, 2.24) is 4.90 Å². The molecule has 0 aromatic heterocycles. The molecule has 6 heteroatoms. The van der Waals surface area contributed by atoms with Gasteiger partial charge in [0.2, 0.25) is 0 Å². The van der Waals surface area contributed by atoms with E-state index in [1.165, 1.54) is 11.8 Å². The fraction of sp³-hybridized carbons (Fsp3) is 0.429. The lowest BCUT2D eigenvalue weighted by atomic mass is 10.1. The molecule has 1 aromatic carbocycles. The summed E-state index contributed by atoms with van der Waals surface area (Å²) in [5.41, 5.74) is 1.06. The third-order valence-corrected chi connectivity index (χ3v) is 5.11. The van der Waals surface area contributed by atoms with E-state index >= 15 is 0 Å². The quantitative estimate of drug-likeness (QED) is 0.406. The van der Waals surface area contributed by atoms with Gasteiger partial charge in [0.05, 0.1) is 18.7 Å². The van der Waals surface area contributed by atoms with E-state index in [-0.39, 0.29) is 17.7 Å². The second-order valence-corrected chi connectivity index (χ2v) is 7.39. The zero-order valence-electron chi connectivity index (χ0n) is 15.2. The standard InChI is InChI=1S/C21H25NO4S/c23-19(16-17-8-4-3-5-9-17)12-11-18-13-15-27-21(26)22(18)14-7-2-1-6-10-20(24)25/h3-5,8-9,11-12,18-19,23H,1,6,10,13-16H2,(H,24,25)/b12-11+/t18-,19?/m0/s1. The molecular formula is C21H25NO4S. The Hall–Kier alpha value is -2.23. The molecule has 0 saturated carbocycles. The Morgan fingerprint density at radius 2 is 2.11 bits per heavy atom. The predicted molar refractivity (Wildman–Crippen MR) is 108 cm³/mol. The first-order valence-electron chi connectivity index (χ1n) is 9.07. The maximum Gasteiger partial charge on any atom is 0.303 e. The fourth-order valence-corrected chi connectivity index (χ4v) is 3.66. The molecule has 1 heterocycles. The minimum Gasteiger partial charge on any atom is -0.481 e. The van der Waals surface area contributed by atoms with Crippen LogP contribution in [-0.4, -0.2) is 50.8 Å². The highest BCUT2D eigenvalue weighted by Gasteiger charge is 2.26. The molecule has 1 unspecified atom stereocenters. The maximum atomic E-state index is 12.2. The molecule has 1 amide bonds. The number of thioether (sulfide) groups is 1. The molecule has 0 spiro atoms. The van der Waals surface area contributed by atoms with E-state index in [4.69, 9.17) is 5.11 Å². The van der Waals surface area contributed by atoms with Crippen molar-refractivity contribution in [1.29, 1.82) is 0 Å². The Morgan fingerprint density at radius 3 is 2.85 bits per heavy atom. The van der Waals surface area contributed by atoms with Crippen LogP contribution in [0.1, 0.15) is 31.2 Å². The molecule has 5 nitrogen and oxygen atoms in total. The van der Waals surface area contributed by atoms with E-state index in [9.17, 15) is 14.7 Å². The van der Waals surface area contributed by atoms with Gasteiger partial charge in [0.15, 0.2) is 0 Å². The lowest BCUT2D eigenvalue weighted by molar-refractivity contribution is -0.137. The molecule has 1 fully saturated rings. The van der Waals surface area contributed by atoms with Crippen molar-refractivity contribution in [2.75, 3.05) is 12.3 Å². The van der Waals surface area contributed by atoms with Crippen LogP contribution in [0.4, 0.5) is 4.79 Å². The van der Waals surface area contributed by atoms with Crippen molar-refractivity contribution < 1.29 is 19.8 Å². The summed E-state index contributed by atoms with van der Waals surface area (Å²) in [4.78, 5) is 24.4. The first-order valence-corrected chi connectivity index (χ1v) is 10.1. The molecule has 0 radical (unpaired) electrons. The molecule has 0 aliphatic carbocycles. The van der Waals surface area contributed by atoms with Crippen LogP contribution >= 0.6 is 11.8 Å². The number of hydrogen-bond acceptors (Lipinski definition) is 4. The molecule has 144 valence electrons. The molecule has 27 heavy (non-hydrogen) atoms. The van der Waals surface area contributed by atoms with Gasteiger partial charge in [0.1, 0.15) is 0 Å². The van der Waals surface area contributed by atoms with Crippen molar-refractivity contribution in [3.05, 3.63) is 48.0 Å². The van der Waals surface area contributed by atoms with Gasteiger partial charge in [-0.05, 0) is 18.4 Å². The van der Waals surface area contributed by atoms with Crippen LogP contribution in [0.25, 0.3) is 0 Å². The second-order valence-electron chi connectivity index (χ2n) is 6.34. The summed E-state index contributed by atoms with van der Waals surface area (Å²) >= 11 is 1.28. The summed E-state index contributed by atoms with van der Waals surface area (Å²) < 4.78 is 0. The van der Waals surface area contributed by atoms with E-state index < -0.39 is 12.1 Å². The molecule has 1 saturated heterocycles. The van der Waals surface area contributed by atoms with E-state index in [0.717, 1.165) is 17.7 Å². The van der Waals surface area contributed by atoms with Crippen molar-refractivity contribution in [2.45, 2.75) is 44.2 Å². The van der Waals surface area contributed by atoms with Gasteiger partial charge in [-0.2, -0.15) is 0 Å².